The maximum absolute atomic E-state index is 13.3. The Morgan fingerprint density at radius 3 is 2.42 bits per heavy atom. The minimum Gasteiger partial charge on any atom is -0.325 e. The zero-order valence-corrected chi connectivity index (χ0v) is 17.4. The lowest BCUT2D eigenvalue weighted by Crippen LogP contribution is -2.43. The monoisotopic (exact) mass is 417 g/mol. The largest absolute Gasteiger partial charge is 0.333 e. The standard InChI is InChI=1S/C23H23N5O3/c1-3-26-15-24-21-20(26)22(30)28(14-19(29)25-18-12-8-7-9-16(18)2)23(31)27(21)13-17-10-5-4-6-11-17/h4-12,15H,3,13-14H2,1-2H3,(H,25,29). The Hall–Kier alpha value is -3.94. The first-order valence-electron chi connectivity index (χ1n) is 10.1. The van der Waals surface area contributed by atoms with Crippen molar-refractivity contribution >= 4 is 22.8 Å². The van der Waals surface area contributed by atoms with Crippen LogP contribution in [-0.2, 0) is 24.4 Å². The second-order valence-corrected chi connectivity index (χ2v) is 7.31. The first-order chi connectivity index (χ1) is 15.0. The molecule has 0 aliphatic rings. The average Bonchev–Trinajstić information content (AvgIpc) is 3.21. The molecule has 2 aromatic carbocycles. The third-order valence-corrected chi connectivity index (χ3v) is 5.23. The Morgan fingerprint density at radius 1 is 1.00 bits per heavy atom. The smallest absolute Gasteiger partial charge is 0.325 e. The molecule has 1 N–H and O–H groups in total. The van der Waals surface area contributed by atoms with Crippen LogP contribution in [0.1, 0.15) is 18.1 Å². The van der Waals surface area contributed by atoms with Crippen LogP contribution in [0.3, 0.4) is 0 Å². The van der Waals surface area contributed by atoms with Crippen LogP contribution in [0.5, 0.6) is 0 Å². The number of para-hydroxylation sites is 1. The van der Waals surface area contributed by atoms with Gasteiger partial charge in [-0.25, -0.2) is 14.3 Å². The van der Waals surface area contributed by atoms with Gasteiger partial charge in [-0.3, -0.25) is 14.2 Å². The van der Waals surface area contributed by atoms with E-state index in [1.165, 1.54) is 4.57 Å². The predicted molar refractivity (Wildman–Crippen MR) is 119 cm³/mol. The van der Waals surface area contributed by atoms with Gasteiger partial charge in [-0.2, -0.15) is 0 Å². The molecular formula is C23H23N5O3. The average molecular weight is 417 g/mol. The molecule has 4 rings (SSSR count). The number of benzene rings is 2. The van der Waals surface area contributed by atoms with E-state index in [1.807, 2.05) is 62.4 Å². The van der Waals surface area contributed by atoms with Gasteiger partial charge in [-0.1, -0.05) is 48.5 Å². The number of imidazole rings is 1. The molecule has 2 aromatic heterocycles. The first-order valence-corrected chi connectivity index (χ1v) is 10.1. The molecule has 8 heteroatoms. The van der Waals surface area contributed by atoms with Crippen molar-refractivity contribution in [3.8, 4) is 0 Å². The molecule has 1 amide bonds. The van der Waals surface area contributed by atoms with Gasteiger partial charge in [0, 0.05) is 12.2 Å². The van der Waals surface area contributed by atoms with Crippen LogP contribution in [0, 0.1) is 6.92 Å². The van der Waals surface area contributed by atoms with Gasteiger partial charge in [0.2, 0.25) is 5.91 Å². The summed E-state index contributed by atoms with van der Waals surface area (Å²) in [6, 6.07) is 16.8. The molecule has 0 aliphatic heterocycles. The molecule has 0 spiro atoms. The molecule has 158 valence electrons. The molecule has 8 nitrogen and oxygen atoms in total. The van der Waals surface area contributed by atoms with Crippen LogP contribution < -0.4 is 16.6 Å². The maximum atomic E-state index is 13.3. The molecule has 0 atom stereocenters. The Morgan fingerprint density at radius 2 is 1.71 bits per heavy atom. The number of carbonyl (C=O) groups excluding carboxylic acids is 1. The third kappa shape index (κ3) is 3.92. The molecule has 0 saturated carbocycles. The second kappa shape index (κ2) is 8.43. The highest BCUT2D eigenvalue weighted by Crippen LogP contribution is 2.13. The Kier molecular flexibility index (Phi) is 5.53. The van der Waals surface area contributed by atoms with Crippen molar-refractivity contribution in [3.63, 3.8) is 0 Å². The van der Waals surface area contributed by atoms with Gasteiger partial charge < -0.3 is 9.88 Å². The summed E-state index contributed by atoms with van der Waals surface area (Å²) in [6.45, 7) is 4.15. The van der Waals surface area contributed by atoms with E-state index in [0.717, 1.165) is 15.7 Å². The Labute approximate surface area is 178 Å². The van der Waals surface area contributed by atoms with Gasteiger partial charge in [-0.15, -0.1) is 0 Å². The fourth-order valence-corrected chi connectivity index (χ4v) is 3.57. The van der Waals surface area contributed by atoms with Crippen LogP contribution in [-0.4, -0.2) is 24.6 Å². The minimum atomic E-state index is -0.567. The number of anilines is 1. The summed E-state index contributed by atoms with van der Waals surface area (Å²) >= 11 is 0. The zero-order valence-electron chi connectivity index (χ0n) is 17.4. The van der Waals surface area contributed by atoms with E-state index < -0.39 is 17.2 Å². The fourth-order valence-electron chi connectivity index (χ4n) is 3.57. The fraction of sp³-hybridized carbons (Fsp3) is 0.217. The van der Waals surface area contributed by atoms with E-state index >= 15 is 0 Å². The molecule has 0 saturated heterocycles. The second-order valence-electron chi connectivity index (χ2n) is 7.31. The number of nitrogens with one attached hydrogen (secondary N) is 1. The number of hydrogen-bond acceptors (Lipinski definition) is 4. The molecule has 0 radical (unpaired) electrons. The molecular weight excluding hydrogens is 394 g/mol. The number of aryl methyl sites for hydroxylation is 2. The van der Waals surface area contributed by atoms with Crippen LogP contribution in [0.15, 0.2) is 70.5 Å². The van der Waals surface area contributed by atoms with Crippen LogP contribution in [0.25, 0.3) is 11.2 Å². The highest BCUT2D eigenvalue weighted by molar-refractivity contribution is 5.91. The summed E-state index contributed by atoms with van der Waals surface area (Å²) in [5.41, 5.74) is 1.96. The molecule has 4 aromatic rings. The minimum absolute atomic E-state index is 0.247. The van der Waals surface area contributed by atoms with E-state index in [-0.39, 0.29) is 13.1 Å². The van der Waals surface area contributed by atoms with Crippen molar-refractivity contribution in [2.24, 2.45) is 0 Å². The SMILES string of the molecule is CCn1cnc2c1c(=O)n(CC(=O)Nc1ccccc1C)c(=O)n2Cc1ccccc1. The van der Waals surface area contributed by atoms with Crippen LogP contribution in [0.2, 0.25) is 0 Å². The van der Waals surface area contributed by atoms with Crippen LogP contribution in [0.4, 0.5) is 5.69 Å². The Balaban J connectivity index is 1.79. The molecule has 0 unspecified atom stereocenters. The number of rotatable bonds is 6. The lowest BCUT2D eigenvalue weighted by molar-refractivity contribution is -0.116. The number of nitrogens with zero attached hydrogens (tertiary/aromatic N) is 4. The number of fused-ring (bicyclic) bond motifs is 1. The number of amides is 1. The highest BCUT2D eigenvalue weighted by atomic mass is 16.2. The van der Waals surface area contributed by atoms with Gasteiger partial charge in [0.1, 0.15) is 6.54 Å². The topological polar surface area (TPSA) is 90.9 Å². The number of aromatic nitrogens is 4. The van der Waals surface area contributed by atoms with Crippen molar-refractivity contribution in [3.05, 3.63) is 92.9 Å². The summed E-state index contributed by atoms with van der Waals surface area (Å²) in [6.07, 6.45) is 1.55. The summed E-state index contributed by atoms with van der Waals surface area (Å²) in [5.74, 6) is -0.443. The van der Waals surface area contributed by atoms with Gasteiger partial charge in [0.05, 0.1) is 12.9 Å². The lowest BCUT2D eigenvalue weighted by Gasteiger charge is -2.13. The van der Waals surface area contributed by atoms with E-state index in [1.54, 1.807) is 17.0 Å². The molecule has 0 bridgehead atoms. The zero-order chi connectivity index (χ0) is 22.0. The van der Waals surface area contributed by atoms with Crippen LogP contribution >= 0.6 is 0 Å². The summed E-state index contributed by atoms with van der Waals surface area (Å²) in [7, 11) is 0. The van der Waals surface area contributed by atoms with Gasteiger partial charge >= 0.3 is 5.69 Å². The lowest BCUT2D eigenvalue weighted by atomic mass is 10.2. The molecule has 2 heterocycles. The van der Waals surface area contributed by atoms with Crippen molar-refractivity contribution in [2.45, 2.75) is 33.5 Å². The quantitative estimate of drug-likeness (QED) is 0.521. The Bertz CT molecular complexity index is 1370. The molecule has 0 fully saturated rings. The van der Waals surface area contributed by atoms with Gasteiger partial charge in [0.15, 0.2) is 11.2 Å². The van der Waals surface area contributed by atoms with Gasteiger partial charge in [0.25, 0.3) is 5.56 Å². The van der Waals surface area contributed by atoms with Gasteiger partial charge in [-0.05, 0) is 31.0 Å². The highest BCUT2D eigenvalue weighted by Gasteiger charge is 2.19. The van der Waals surface area contributed by atoms with E-state index in [9.17, 15) is 14.4 Å². The summed E-state index contributed by atoms with van der Waals surface area (Å²) in [5, 5.41) is 2.78. The first kappa shape index (κ1) is 20.3. The number of carbonyl (C=O) groups is 1. The van der Waals surface area contributed by atoms with E-state index in [0.29, 0.717) is 23.4 Å². The normalized spacial score (nSPS) is 11.0. The van der Waals surface area contributed by atoms with Crippen molar-refractivity contribution in [1.29, 1.82) is 0 Å². The summed E-state index contributed by atoms with van der Waals surface area (Å²) < 4.78 is 4.11. The van der Waals surface area contributed by atoms with Crippen molar-refractivity contribution in [1.82, 2.24) is 18.7 Å². The predicted octanol–water partition coefficient (Wildman–Crippen LogP) is 2.38. The third-order valence-electron chi connectivity index (χ3n) is 5.23. The molecule has 0 aliphatic carbocycles. The van der Waals surface area contributed by atoms with Crippen molar-refractivity contribution < 1.29 is 4.79 Å². The molecule has 31 heavy (non-hydrogen) atoms. The van der Waals surface area contributed by atoms with E-state index in [4.69, 9.17) is 0 Å². The van der Waals surface area contributed by atoms with Crippen molar-refractivity contribution in [2.75, 3.05) is 5.32 Å². The van der Waals surface area contributed by atoms with E-state index in [2.05, 4.69) is 10.3 Å². The maximum Gasteiger partial charge on any atom is 0.333 e. The summed E-state index contributed by atoms with van der Waals surface area (Å²) in [4.78, 5) is 43.4. The number of hydrogen-bond donors (Lipinski definition) is 1.